The normalized spacial score (nSPS) is 20.7. The van der Waals surface area contributed by atoms with Crippen molar-refractivity contribution in [3.63, 3.8) is 0 Å². The molecule has 1 aromatic rings. The molecule has 0 aliphatic carbocycles. The Morgan fingerprint density at radius 2 is 1.95 bits per heavy atom. The summed E-state index contributed by atoms with van der Waals surface area (Å²) in [4.78, 5) is 4.74. The minimum atomic E-state index is -0.206. The molecule has 1 saturated heterocycles. The van der Waals surface area contributed by atoms with Crippen molar-refractivity contribution in [1.82, 2.24) is 9.80 Å². The second-order valence-electron chi connectivity index (χ2n) is 6.61. The van der Waals surface area contributed by atoms with Crippen LogP contribution in [0, 0.1) is 5.82 Å². The third-order valence-electron chi connectivity index (χ3n) is 5.06. The molecule has 1 heterocycles. The Hall–Kier alpha value is -0.970. The molecular weight excluding hydrogens is 265 g/mol. The highest BCUT2D eigenvalue weighted by Crippen LogP contribution is 2.26. The number of likely N-dealkylation sites (tertiary alicyclic amines) is 1. The van der Waals surface area contributed by atoms with Gasteiger partial charge in [0.25, 0.3) is 0 Å². The summed E-state index contributed by atoms with van der Waals surface area (Å²) in [7, 11) is 4.31. The van der Waals surface area contributed by atoms with Gasteiger partial charge < -0.3 is 10.6 Å². The summed E-state index contributed by atoms with van der Waals surface area (Å²) in [6, 6.07) is 7.55. The maximum absolute atomic E-state index is 13.9. The van der Waals surface area contributed by atoms with E-state index in [1.165, 1.54) is 6.07 Å². The van der Waals surface area contributed by atoms with Crippen molar-refractivity contribution >= 4 is 0 Å². The highest BCUT2D eigenvalue weighted by Gasteiger charge is 2.34. The summed E-state index contributed by atoms with van der Waals surface area (Å²) < 4.78 is 13.9. The van der Waals surface area contributed by atoms with Gasteiger partial charge in [-0.3, -0.25) is 4.90 Å². The number of benzene rings is 1. The van der Waals surface area contributed by atoms with Crippen molar-refractivity contribution in [2.24, 2.45) is 5.73 Å². The summed E-state index contributed by atoms with van der Waals surface area (Å²) in [5.74, 6) is -0.131. The first-order valence-corrected chi connectivity index (χ1v) is 7.81. The third kappa shape index (κ3) is 3.82. The minimum Gasteiger partial charge on any atom is -0.329 e. The fraction of sp³-hybridized carbons (Fsp3) is 0.647. The number of piperidine rings is 1. The SMILES string of the molecule is CN1CCC(N(C)C(C)(CN)Cc2ccccc2F)CC1. The minimum absolute atomic E-state index is 0.131. The predicted octanol–water partition coefficient (Wildman–Crippen LogP) is 2.11. The first-order chi connectivity index (χ1) is 9.96. The van der Waals surface area contributed by atoms with E-state index in [1.807, 2.05) is 12.1 Å². The number of likely N-dealkylation sites (N-methyl/N-ethyl adjacent to an activating group) is 1. The van der Waals surface area contributed by atoms with Crippen LogP contribution in [0.1, 0.15) is 25.3 Å². The molecule has 118 valence electrons. The van der Waals surface area contributed by atoms with E-state index >= 15 is 0 Å². The molecular formula is C17H28FN3. The Labute approximate surface area is 127 Å². The number of hydrogen-bond donors (Lipinski definition) is 1. The van der Waals surface area contributed by atoms with Gasteiger partial charge in [-0.15, -0.1) is 0 Å². The molecule has 3 nitrogen and oxygen atoms in total. The molecule has 0 bridgehead atoms. The summed E-state index contributed by atoms with van der Waals surface area (Å²) in [6.07, 6.45) is 2.96. The van der Waals surface area contributed by atoms with Crippen LogP contribution in [0.4, 0.5) is 4.39 Å². The lowest BCUT2D eigenvalue weighted by Crippen LogP contribution is -2.57. The van der Waals surface area contributed by atoms with Crippen molar-refractivity contribution in [1.29, 1.82) is 0 Å². The Morgan fingerprint density at radius 1 is 1.33 bits per heavy atom. The smallest absolute Gasteiger partial charge is 0.126 e. The number of nitrogens with zero attached hydrogens (tertiary/aromatic N) is 2. The molecule has 2 rings (SSSR count). The first-order valence-electron chi connectivity index (χ1n) is 7.81. The van der Waals surface area contributed by atoms with Crippen LogP contribution in [0.15, 0.2) is 24.3 Å². The van der Waals surface area contributed by atoms with Gasteiger partial charge in [0.2, 0.25) is 0 Å². The molecule has 1 fully saturated rings. The fourth-order valence-electron chi connectivity index (χ4n) is 3.22. The zero-order valence-electron chi connectivity index (χ0n) is 13.5. The largest absolute Gasteiger partial charge is 0.329 e. The maximum Gasteiger partial charge on any atom is 0.126 e. The van der Waals surface area contributed by atoms with Crippen LogP contribution in [0.2, 0.25) is 0 Å². The number of rotatable bonds is 5. The monoisotopic (exact) mass is 293 g/mol. The lowest BCUT2D eigenvalue weighted by atomic mass is 9.88. The van der Waals surface area contributed by atoms with Crippen molar-refractivity contribution < 1.29 is 4.39 Å². The van der Waals surface area contributed by atoms with Gasteiger partial charge in [-0.1, -0.05) is 18.2 Å². The molecule has 1 aliphatic heterocycles. The van der Waals surface area contributed by atoms with Crippen LogP contribution < -0.4 is 5.73 Å². The molecule has 1 aromatic carbocycles. The van der Waals surface area contributed by atoms with Crippen LogP contribution in [0.3, 0.4) is 0 Å². The molecule has 0 amide bonds. The van der Waals surface area contributed by atoms with E-state index < -0.39 is 0 Å². The zero-order chi connectivity index (χ0) is 15.5. The molecule has 0 saturated carbocycles. The summed E-state index contributed by atoms with van der Waals surface area (Å²) >= 11 is 0. The van der Waals surface area contributed by atoms with Gasteiger partial charge in [0.1, 0.15) is 5.82 Å². The van der Waals surface area contributed by atoms with Gasteiger partial charge >= 0.3 is 0 Å². The molecule has 21 heavy (non-hydrogen) atoms. The molecule has 1 atom stereocenters. The van der Waals surface area contributed by atoms with Crippen molar-refractivity contribution in [2.75, 3.05) is 33.7 Å². The molecule has 2 N–H and O–H groups in total. The van der Waals surface area contributed by atoms with Crippen molar-refractivity contribution in [3.05, 3.63) is 35.6 Å². The maximum atomic E-state index is 13.9. The molecule has 1 unspecified atom stereocenters. The van der Waals surface area contributed by atoms with Crippen LogP contribution in [0.25, 0.3) is 0 Å². The quantitative estimate of drug-likeness (QED) is 0.902. The molecule has 0 spiro atoms. The van der Waals surface area contributed by atoms with Gasteiger partial charge in [0, 0.05) is 18.1 Å². The molecule has 0 aromatic heterocycles. The van der Waals surface area contributed by atoms with E-state index in [2.05, 4.69) is 30.8 Å². The van der Waals surface area contributed by atoms with E-state index in [0.29, 0.717) is 19.0 Å². The first kappa shape index (κ1) is 16.4. The second-order valence-corrected chi connectivity index (χ2v) is 6.61. The highest BCUT2D eigenvalue weighted by molar-refractivity contribution is 5.20. The number of halogens is 1. The van der Waals surface area contributed by atoms with E-state index in [-0.39, 0.29) is 11.4 Å². The fourth-order valence-corrected chi connectivity index (χ4v) is 3.22. The average Bonchev–Trinajstić information content (AvgIpc) is 2.49. The van der Waals surface area contributed by atoms with E-state index in [1.54, 1.807) is 6.07 Å². The molecule has 1 aliphatic rings. The van der Waals surface area contributed by atoms with E-state index in [0.717, 1.165) is 31.5 Å². The van der Waals surface area contributed by atoms with Crippen LogP contribution in [-0.2, 0) is 6.42 Å². The Kier molecular flexibility index (Phi) is 5.36. The van der Waals surface area contributed by atoms with Gasteiger partial charge in [-0.05, 0) is 65.0 Å². The summed E-state index contributed by atoms with van der Waals surface area (Å²) in [6.45, 7) is 4.92. The van der Waals surface area contributed by atoms with Gasteiger partial charge in [0.15, 0.2) is 0 Å². The molecule has 0 radical (unpaired) electrons. The Morgan fingerprint density at radius 3 is 2.52 bits per heavy atom. The van der Waals surface area contributed by atoms with Crippen molar-refractivity contribution in [3.8, 4) is 0 Å². The topological polar surface area (TPSA) is 32.5 Å². The number of nitrogens with two attached hydrogens (primary N) is 1. The van der Waals surface area contributed by atoms with Crippen molar-refractivity contribution in [2.45, 2.75) is 37.8 Å². The Bertz CT molecular complexity index is 457. The van der Waals surface area contributed by atoms with Crippen LogP contribution >= 0.6 is 0 Å². The van der Waals surface area contributed by atoms with E-state index in [4.69, 9.17) is 5.73 Å². The van der Waals surface area contributed by atoms with Crippen LogP contribution in [-0.4, -0.2) is 55.1 Å². The summed E-state index contributed by atoms with van der Waals surface area (Å²) in [5.41, 5.74) is 6.61. The summed E-state index contributed by atoms with van der Waals surface area (Å²) in [5, 5.41) is 0. The van der Waals surface area contributed by atoms with Gasteiger partial charge in [-0.25, -0.2) is 4.39 Å². The lowest BCUT2D eigenvalue weighted by Gasteiger charge is -2.45. The average molecular weight is 293 g/mol. The van der Waals surface area contributed by atoms with Gasteiger partial charge in [0.05, 0.1) is 0 Å². The zero-order valence-corrected chi connectivity index (χ0v) is 13.5. The third-order valence-corrected chi connectivity index (χ3v) is 5.06. The van der Waals surface area contributed by atoms with Gasteiger partial charge in [-0.2, -0.15) is 0 Å². The Balaban J connectivity index is 2.11. The second kappa shape index (κ2) is 6.86. The molecule has 4 heteroatoms. The van der Waals surface area contributed by atoms with Crippen LogP contribution in [0.5, 0.6) is 0 Å². The number of hydrogen-bond acceptors (Lipinski definition) is 3. The van der Waals surface area contributed by atoms with E-state index in [9.17, 15) is 4.39 Å². The predicted molar refractivity (Wildman–Crippen MR) is 85.8 cm³/mol. The standard InChI is InChI=1S/C17H28FN3/c1-17(13-19,12-14-6-4-5-7-16(14)18)21(3)15-8-10-20(2)11-9-15/h4-7,15H,8-13,19H2,1-3H3. The highest BCUT2D eigenvalue weighted by atomic mass is 19.1. The lowest BCUT2D eigenvalue weighted by molar-refractivity contribution is 0.0539.